The van der Waals surface area contributed by atoms with Crippen LogP contribution in [0.5, 0.6) is 0 Å². The van der Waals surface area contributed by atoms with Crippen molar-refractivity contribution in [3.8, 4) is 0 Å². The van der Waals surface area contributed by atoms with Gasteiger partial charge < -0.3 is 15.6 Å². The van der Waals surface area contributed by atoms with Gasteiger partial charge in [-0.3, -0.25) is 4.79 Å². The van der Waals surface area contributed by atoms with Gasteiger partial charge in [0.2, 0.25) is 0 Å². The summed E-state index contributed by atoms with van der Waals surface area (Å²) in [5, 5.41) is 8.79. The molecule has 1 aliphatic rings. The second-order valence-electron chi connectivity index (χ2n) is 3.43. The molecule has 0 radical (unpaired) electrons. The largest absolute Gasteiger partial charge is 0.497 e. The summed E-state index contributed by atoms with van der Waals surface area (Å²) < 4.78 is 5.03. The van der Waals surface area contributed by atoms with E-state index < -0.39 is 12.0 Å². The SMILES string of the molecule is COC1=CC([C@@H](N)C(=O)O)C(C)C=C1. The predicted octanol–water partition coefficient (Wildman–Crippen LogP) is 0.751. The molecule has 0 saturated heterocycles. The summed E-state index contributed by atoms with van der Waals surface area (Å²) >= 11 is 0. The molecule has 0 amide bonds. The lowest BCUT2D eigenvalue weighted by Crippen LogP contribution is -2.40. The molecule has 2 unspecified atom stereocenters. The van der Waals surface area contributed by atoms with E-state index in [9.17, 15) is 4.79 Å². The molecule has 3 N–H and O–H groups in total. The Morgan fingerprint density at radius 3 is 2.86 bits per heavy atom. The van der Waals surface area contributed by atoms with Crippen molar-refractivity contribution in [3.63, 3.8) is 0 Å². The van der Waals surface area contributed by atoms with E-state index in [2.05, 4.69) is 0 Å². The van der Waals surface area contributed by atoms with E-state index in [4.69, 9.17) is 15.6 Å². The van der Waals surface area contributed by atoms with Crippen LogP contribution in [-0.2, 0) is 9.53 Å². The van der Waals surface area contributed by atoms with Gasteiger partial charge in [0.25, 0.3) is 0 Å². The van der Waals surface area contributed by atoms with Gasteiger partial charge in [0.1, 0.15) is 11.8 Å². The maximum absolute atomic E-state index is 10.7. The van der Waals surface area contributed by atoms with E-state index >= 15 is 0 Å². The molecule has 0 heterocycles. The normalized spacial score (nSPS) is 28.1. The number of hydrogen-bond donors (Lipinski definition) is 2. The van der Waals surface area contributed by atoms with Crippen molar-refractivity contribution in [2.45, 2.75) is 13.0 Å². The molecule has 0 aromatic heterocycles. The number of hydrogen-bond acceptors (Lipinski definition) is 3. The number of ether oxygens (including phenoxy) is 1. The van der Waals surface area contributed by atoms with Gasteiger partial charge in [0, 0.05) is 5.92 Å². The summed E-state index contributed by atoms with van der Waals surface area (Å²) in [6.07, 6.45) is 5.51. The highest BCUT2D eigenvalue weighted by Gasteiger charge is 2.28. The first-order chi connectivity index (χ1) is 6.56. The summed E-state index contributed by atoms with van der Waals surface area (Å²) in [7, 11) is 1.55. The molecule has 4 heteroatoms. The third-order valence-corrected chi connectivity index (χ3v) is 2.46. The number of nitrogens with two attached hydrogens (primary N) is 1. The van der Waals surface area contributed by atoms with Crippen LogP contribution in [0.15, 0.2) is 24.0 Å². The van der Waals surface area contributed by atoms with Crippen LogP contribution in [0.2, 0.25) is 0 Å². The van der Waals surface area contributed by atoms with Crippen LogP contribution in [-0.4, -0.2) is 24.2 Å². The molecule has 3 atom stereocenters. The smallest absolute Gasteiger partial charge is 0.321 e. The Morgan fingerprint density at radius 1 is 1.71 bits per heavy atom. The number of carboxylic acid groups (broad SMARTS) is 1. The number of rotatable bonds is 3. The van der Waals surface area contributed by atoms with Crippen molar-refractivity contribution in [2.75, 3.05) is 7.11 Å². The Hall–Kier alpha value is -1.29. The Bertz CT molecular complexity index is 283. The lowest BCUT2D eigenvalue weighted by molar-refractivity contribution is -0.139. The van der Waals surface area contributed by atoms with E-state index in [1.54, 1.807) is 13.2 Å². The van der Waals surface area contributed by atoms with Crippen molar-refractivity contribution >= 4 is 5.97 Å². The molecule has 78 valence electrons. The molecule has 0 aromatic carbocycles. The van der Waals surface area contributed by atoms with Gasteiger partial charge in [-0.1, -0.05) is 13.0 Å². The predicted molar refractivity (Wildman–Crippen MR) is 52.5 cm³/mol. The monoisotopic (exact) mass is 197 g/mol. The lowest BCUT2D eigenvalue weighted by atomic mass is 9.84. The molecule has 0 saturated carbocycles. The van der Waals surface area contributed by atoms with Gasteiger partial charge in [-0.25, -0.2) is 0 Å². The molecular weight excluding hydrogens is 182 g/mol. The number of carboxylic acids is 1. The molecule has 1 aliphatic carbocycles. The molecule has 14 heavy (non-hydrogen) atoms. The highest BCUT2D eigenvalue weighted by atomic mass is 16.5. The van der Waals surface area contributed by atoms with Gasteiger partial charge in [-0.15, -0.1) is 0 Å². The zero-order chi connectivity index (χ0) is 10.7. The third kappa shape index (κ3) is 2.14. The van der Waals surface area contributed by atoms with Gasteiger partial charge in [0.15, 0.2) is 0 Å². The Morgan fingerprint density at radius 2 is 2.36 bits per heavy atom. The molecule has 4 nitrogen and oxygen atoms in total. The Balaban J connectivity index is 2.82. The van der Waals surface area contributed by atoms with Crippen molar-refractivity contribution < 1.29 is 14.6 Å². The van der Waals surface area contributed by atoms with Crippen LogP contribution in [0.1, 0.15) is 6.92 Å². The van der Waals surface area contributed by atoms with Crippen LogP contribution in [0, 0.1) is 11.8 Å². The first-order valence-electron chi connectivity index (χ1n) is 4.48. The molecule has 0 fully saturated rings. The number of allylic oxidation sites excluding steroid dienone is 2. The lowest BCUT2D eigenvalue weighted by Gasteiger charge is -2.25. The fourth-order valence-electron chi connectivity index (χ4n) is 1.50. The zero-order valence-electron chi connectivity index (χ0n) is 8.31. The first kappa shape index (κ1) is 10.8. The second kappa shape index (κ2) is 4.28. The van der Waals surface area contributed by atoms with Gasteiger partial charge in [0.05, 0.1) is 7.11 Å². The molecular formula is C10H15NO3. The summed E-state index contributed by atoms with van der Waals surface area (Å²) in [5.74, 6) is -0.388. The Labute approximate surface area is 83.0 Å². The first-order valence-corrected chi connectivity index (χ1v) is 4.48. The van der Waals surface area contributed by atoms with Crippen LogP contribution in [0.25, 0.3) is 0 Å². The van der Waals surface area contributed by atoms with Crippen LogP contribution < -0.4 is 5.73 Å². The summed E-state index contributed by atoms with van der Waals surface area (Å²) in [5.41, 5.74) is 5.56. The maximum Gasteiger partial charge on any atom is 0.321 e. The fourth-order valence-corrected chi connectivity index (χ4v) is 1.50. The van der Waals surface area contributed by atoms with Gasteiger partial charge >= 0.3 is 5.97 Å². The minimum Gasteiger partial charge on any atom is -0.497 e. The van der Waals surface area contributed by atoms with Crippen molar-refractivity contribution in [1.82, 2.24) is 0 Å². The minimum absolute atomic E-state index is 0.125. The van der Waals surface area contributed by atoms with Crippen molar-refractivity contribution in [1.29, 1.82) is 0 Å². The van der Waals surface area contributed by atoms with Crippen molar-refractivity contribution in [2.24, 2.45) is 17.6 Å². The molecule has 0 aromatic rings. The van der Waals surface area contributed by atoms with Crippen molar-refractivity contribution in [3.05, 3.63) is 24.0 Å². The quantitative estimate of drug-likeness (QED) is 0.700. The van der Waals surface area contributed by atoms with E-state index in [-0.39, 0.29) is 11.8 Å². The summed E-state index contributed by atoms with van der Waals surface area (Å²) in [4.78, 5) is 10.7. The average Bonchev–Trinajstić information content (AvgIpc) is 2.17. The van der Waals surface area contributed by atoms with Gasteiger partial charge in [-0.05, 0) is 18.1 Å². The average molecular weight is 197 g/mol. The standard InChI is InChI=1S/C10H15NO3/c1-6-3-4-7(14-2)5-8(6)9(11)10(12)13/h3-6,8-9H,11H2,1-2H3,(H,12,13)/t6?,8?,9-/m1/s1. The van der Waals surface area contributed by atoms with Crippen LogP contribution in [0.4, 0.5) is 0 Å². The van der Waals surface area contributed by atoms with Crippen LogP contribution >= 0.6 is 0 Å². The fraction of sp³-hybridized carbons (Fsp3) is 0.500. The van der Waals surface area contributed by atoms with Crippen LogP contribution in [0.3, 0.4) is 0 Å². The molecule has 0 aliphatic heterocycles. The molecule has 1 rings (SSSR count). The molecule has 0 bridgehead atoms. The maximum atomic E-state index is 10.7. The Kier molecular flexibility index (Phi) is 3.30. The van der Waals surface area contributed by atoms with E-state index in [1.165, 1.54) is 0 Å². The molecule has 0 spiro atoms. The highest BCUT2D eigenvalue weighted by molar-refractivity contribution is 5.74. The summed E-state index contributed by atoms with van der Waals surface area (Å²) in [6, 6.07) is -0.875. The van der Waals surface area contributed by atoms with E-state index in [0.717, 1.165) is 0 Å². The van der Waals surface area contributed by atoms with E-state index in [1.807, 2.05) is 19.1 Å². The number of carbonyl (C=O) groups is 1. The highest BCUT2D eigenvalue weighted by Crippen LogP contribution is 2.25. The topological polar surface area (TPSA) is 72.5 Å². The van der Waals surface area contributed by atoms with E-state index in [0.29, 0.717) is 5.76 Å². The van der Waals surface area contributed by atoms with Gasteiger partial charge in [-0.2, -0.15) is 0 Å². The number of aliphatic carboxylic acids is 1. The number of methoxy groups -OCH3 is 1. The zero-order valence-corrected chi connectivity index (χ0v) is 8.31. The minimum atomic E-state index is -0.983. The second-order valence-corrected chi connectivity index (χ2v) is 3.43. The summed E-state index contributed by atoms with van der Waals surface area (Å²) in [6.45, 7) is 1.94. The third-order valence-electron chi connectivity index (χ3n) is 2.46.